The molecule has 3 unspecified atom stereocenters. The first-order valence-electron chi connectivity index (χ1n) is 15.2. The molecule has 4 aliphatic rings. The summed E-state index contributed by atoms with van der Waals surface area (Å²) >= 11 is 0. The third-order valence-corrected chi connectivity index (χ3v) is 10.7. The molecule has 0 fully saturated rings. The lowest BCUT2D eigenvalue weighted by Gasteiger charge is -2.29. The Labute approximate surface area is 269 Å². The number of allylic oxidation sites excluding steroid dienone is 8. The Balaban J connectivity index is 0.000000871. The molecule has 0 radical (unpaired) electrons. The van der Waals surface area contributed by atoms with Crippen LogP contribution in [0.1, 0.15) is 50.7 Å². The van der Waals surface area contributed by atoms with E-state index in [1.54, 1.807) is 12.5 Å². The van der Waals surface area contributed by atoms with Gasteiger partial charge in [0.25, 0.3) is 0 Å². The lowest BCUT2D eigenvalue weighted by Crippen LogP contribution is -3.00. The van der Waals surface area contributed by atoms with Crippen molar-refractivity contribution in [2.75, 3.05) is 30.5 Å². The number of rotatable bonds is 6. The molecule has 0 amide bonds. The van der Waals surface area contributed by atoms with Crippen LogP contribution in [-0.4, -0.2) is 51.9 Å². The molecule has 0 N–H and O–H groups in total. The minimum Gasteiger partial charge on any atom is -1.00 e. The van der Waals surface area contributed by atoms with Gasteiger partial charge in [-0.05, 0) is 92.0 Å². The minimum atomic E-state index is -3.67. The molecule has 0 aromatic heterocycles. The minimum absolute atomic E-state index is 0. The van der Waals surface area contributed by atoms with Crippen LogP contribution in [0.4, 0.5) is 24.3 Å². The number of hydrogen-bond donors (Lipinski definition) is 0. The second-order valence-corrected chi connectivity index (χ2v) is 14.3. The predicted molar refractivity (Wildman–Crippen MR) is 177 cm³/mol. The van der Waals surface area contributed by atoms with E-state index in [0.29, 0.717) is 5.92 Å². The maximum atomic E-state index is 12.1. The second kappa shape index (κ2) is 15.0. The maximum Gasteiger partial charge on any atom is 0.762 e. The SMILES string of the molecule is CCN1/C(=C/C2=CC3=C/C(=C/C4=[N+](CC)c5cc(S(C)=O)ccc5C4)CCC3CC2)Cc2ccc(S(C)=O)cc21.FB(F)F.[F-]. The van der Waals surface area contributed by atoms with Crippen LogP contribution in [0, 0.1) is 5.92 Å². The van der Waals surface area contributed by atoms with Gasteiger partial charge in [-0.1, -0.05) is 24.3 Å². The molecule has 0 saturated heterocycles. The molecule has 3 atom stereocenters. The van der Waals surface area contributed by atoms with Crippen molar-refractivity contribution < 1.29 is 30.6 Å². The van der Waals surface area contributed by atoms with Crippen LogP contribution in [0.15, 0.2) is 92.9 Å². The number of fused-ring (bicyclic) bond motifs is 3. The topological polar surface area (TPSA) is 40.4 Å². The molecule has 2 aliphatic heterocycles. The molecule has 0 bridgehead atoms. The highest BCUT2D eigenvalue weighted by Crippen LogP contribution is 2.41. The highest BCUT2D eigenvalue weighted by Gasteiger charge is 2.30. The predicted octanol–water partition coefficient (Wildman–Crippen LogP) is 4.66. The van der Waals surface area contributed by atoms with E-state index in [1.807, 2.05) is 12.1 Å². The standard InChI is InChI=1S/C34H39N2O2S2.BF3.FH/c1-5-35-29(19-26-11-13-31(39(3)37)21-33(26)35)17-23-7-9-25-10-8-24(16-28(25)15-23)18-30-20-27-12-14-32(40(4)38)22-34(27)36(30)6-2;2-1(3)4;/h11-18,21-22,25H,5-10,19-20H2,1-4H3;;1H/q+1;;/p-1. The first kappa shape index (κ1) is 34.8. The zero-order valence-corrected chi connectivity index (χ0v) is 27.8. The van der Waals surface area contributed by atoms with Crippen LogP contribution in [-0.2, 0) is 34.4 Å². The van der Waals surface area contributed by atoms with Gasteiger partial charge in [-0.2, -0.15) is 4.58 Å². The number of halogens is 4. The van der Waals surface area contributed by atoms with E-state index in [2.05, 4.69) is 71.9 Å². The van der Waals surface area contributed by atoms with Crippen LogP contribution in [0.2, 0.25) is 0 Å². The summed E-state index contributed by atoms with van der Waals surface area (Å²) in [5, 5.41) is 0. The van der Waals surface area contributed by atoms with Crippen LogP contribution >= 0.6 is 0 Å². The molecule has 4 nitrogen and oxygen atoms in total. The van der Waals surface area contributed by atoms with Crippen molar-refractivity contribution in [3.8, 4) is 0 Å². The molecule has 6 rings (SSSR count). The van der Waals surface area contributed by atoms with Gasteiger partial charge in [0.05, 0.1) is 17.2 Å². The van der Waals surface area contributed by atoms with Gasteiger partial charge in [-0.3, -0.25) is 21.4 Å². The first-order valence-corrected chi connectivity index (χ1v) is 18.3. The fourth-order valence-electron chi connectivity index (χ4n) is 6.81. The van der Waals surface area contributed by atoms with Crippen molar-refractivity contribution in [3.63, 3.8) is 0 Å². The number of likely N-dealkylation sites (N-methyl/N-ethyl adjacent to an activating group) is 1. The lowest BCUT2D eigenvalue weighted by molar-refractivity contribution is -0.432. The van der Waals surface area contributed by atoms with E-state index >= 15 is 0 Å². The van der Waals surface area contributed by atoms with Crippen molar-refractivity contribution in [2.45, 2.75) is 62.2 Å². The Kier molecular flexibility index (Phi) is 11.6. The van der Waals surface area contributed by atoms with E-state index in [-0.39, 0.29) is 4.70 Å². The van der Waals surface area contributed by atoms with Gasteiger partial charge >= 0.3 is 7.54 Å². The highest BCUT2D eigenvalue weighted by molar-refractivity contribution is 7.84. The summed E-state index contributed by atoms with van der Waals surface area (Å²) in [6.45, 7) is 6.22. The summed E-state index contributed by atoms with van der Waals surface area (Å²) in [4.78, 5) is 4.19. The fraction of sp³-hybridized carbons (Fsp3) is 0.382. The zero-order chi connectivity index (χ0) is 31.5. The van der Waals surface area contributed by atoms with Crippen LogP contribution in [0.3, 0.4) is 0 Å². The van der Waals surface area contributed by atoms with Gasteiger partial charge < -0.3 is 9.60 Å². The molecular formula is C34H39BF4N2O2S2. The lowest BCUT2D eigenvalue weighted by atomic mass is 9.77. The average molecular weight is 659 g/mol. The molecule has 240 valence electrons. The van der Waals surface area contributed by atoms with Gasteiger partial charge in [0.1, 0.15) is 6.54 Å². The molecule has 11 heteroatoms. The Hall–Kier alpha value is -3.05. The number of hydrogen-bond acceptors (Lipinski definition) is 3. The van der Waals surface area contributed by atoms with Crippen molar-refractivity contribution in [1.82, 2.24) is 0 Å². The molecule has 2 aliphatic carbocycles. The summed E-state index contributed by atoms with van der Waals surface area (Å²) in [7, 11) is -5.61. The van der Waals surface area contributed by atoms with Crippen LogP contribution in [0.25, 0.3) is 0 Å². The summed E-state index contributed by atoms with van der Waals surface area (Å²) in [6.07, 6.45) is 19.8. The Morgan fingerprint density at radius 1 is 0.911 bits per heavy atom. The number of benzene rings is 2. The molecule has 45 heavy (non-hydrogen) atoms. The van der Waals surface area contributed by atoms with Gasteiger partial charge in [0, 0.05) is 75.2 Å². The smallest absolute Gasteiger partial charge is 0.762 e. The molecule has 0 spiro atoms. The van der Waals surface area contributed by atoms with Crippen molar-refractivity contribution >= 4 is 46.2 Å². The molecule has 2 aromatic carbocycles. The first-order chi connectivity index (χ1) is 21.1. The van der Waals surface area contributed by atoms with Gasteiger partial charge in [-0.25, -0.2) is 0 Å². The van der Waals surface area contributed by atoms with Crippen molar-refractivity contribution in [2.24, 2.45) is 5.92 Å². The Morgan fingerprint density at radius 2 is 1.56 bits per heavy atom. The summed E-state index contributed by atoms with van der Waals surface area (Å²) in [5.41, 5.74) is 12.1. The normalized spacial score (nSPS) is 21.6. The molecule has 2 aromatic rings. The van der Waals surface area contributed by atoms with E-state index in [1.165, 1.54) is 63.5 Å². The quantitative estimate of drug-likeness (QED) is 0.258. The van der Waals surface area contributed by atoms with Gasteiger partial charge in [0.2, 0.25) is 5.69 Å². The van der Waals surface area contributed by atoms with E-state index < -0.39 is 29.1 Å². The van der Waals surface area contributed by atoms with E-state index in [4.69, 9.17) is 0 Å². The highest BCUT2D eigenvalue weighted by atomic mass is 32.2. The number of nitrogens with zero attached hydrogens (tertiary/aromatic N) is 2. The Morgan fingerprint density at radius 3 is 2.20 bits per heavy atom. The summed E-state index contributed by atoms with van der Waals surface area (Å²) in [6, 6.07) is 12.6. The van der Waals surface area contributed by atoms with Gasteiger partial charge in [0.15, 0.2) is 5.71 Å². The number of anilines is 1. The molecule has 2 heterocycles. The third kappa shape index (κ3) is 7.85. The van der Waals surface area contributed by atoms with Crippen molar-refractivity contribution in [1.29, 1.82) is 0 Å². The average Bonchev–Trinajstić information content (AvgIpc) is 3.51. The molecular weight excluding hydrogens is 619 g/mol. The zero-order valence-electron chi connectivity index (χ0n) is 26.1. The second-order valence-electron chi connectivity index (χ2n) is 11.6. The monoisotopic (exact) mass is 658 g/mol. The van der Waals surface area contributed by atoms with Crippen molar-refractivity contribution in [3.05, 3.63) is 94.2 Å². The van der Waals surface area contributed by atoms with E-state index in [9.17, 15) is 21.4 Å². The van der Waals surface area contributed by atoms with Crippen LogP contribution < -0.4 is 9.60 Å². The maximum absolute atomic E-state index is 12.1. The van der Waals surface area contributed by atoms with Crippen LogP contribution in [0.5, 0.6) is 0 Å². The Bertz CT molecular complexity index is 1660. The summed E-state index contributed by atoms with van der Waals surface area (Å²) in [5.74, 6) is 0.652. The largest absolute Gasteiger partial charge is 1.00 e. The summed E-state index contributed by atoms with van der Waals surface area (Å²) < 4.78 is 55.6. The fourth-order valence-corrected chi connectivity index (χ4v) is 7.88. The third-order valence-electron chi connectivity index (χ3n) is 8.87. The van der Waals surface area contributed by atoms with Gasteiger partial charge in [-0.15, -0.1) is 0 Å². The molecule has 0 saturated carbocycles. The van der Waals surface area contributed by atoms with E-state index in [0.717, 1.165) is 48.6 Å².